The molecule has 2 nitrogen and oxygen atoms in total. The van der Waals surface area contributed by atoms with E-state index in [1.807, 2.05) is 0 Å². The van der Waals surface area contributed by atoms with E-state index in [-0.39, 0.29) is 0 Å². The van der Waals surface area contributed by atoms with Crippen LogP contribution in [0.15, 0.2) is 30.3 Å². The number of benzene rings is 1. The number of aryl methyl sites for hydroxylation is 3. The Kier molecular flexibility index (Phi) is 4.37. The summed E-state index contributed by atoms with van der Waals surface area (Å²) < 4.78 is 0. The van der Waals surface area contributed by atoms with Crippen molar-refractivity contribution in [2.24, 2.45) is 0 Å². The van der Waals surface area contributed by atoms with Crippen LogP contribution in [-0.2, 0) is 6.42 Å². The Labute approximate surface area is 113 Å². The topological polar surface area (TPSA) is 24.9 Å². The minimum atomic E-state index is 0.454. The molecule has 0 saturated carbocycles. The van der Waals surface area contributed by atoms with Gasteiger partial charge in [-0.3, -0.25) is 0 Å². The van der Waals surface area contributed by atoms with E-state index in [1.165, 1.54) is 10.4 Å². The number of hydrogen-bond acceptors (Lipinski definition) is 3. The van der Waals surface area contributed by atoms with Crippen molar-refractivity contribution in [2.75, 3.05) is 5.32 Å². The normalized spacial score (nSPS) is 12.4. The van der Waals surface area contributed by atoms with E-state index in [9.17, 15) is 0 Å². The van der Waals surface area contributed by atoms with Crippen LogP contribution < -0.4 is 5.32 Å². The summed E-state index contributed by atoms with van der Waals surface area (Å²) in [5, 5.41) is 4.53. The first kappa shape index (κ1) is 13.1. The molecule has 0 spiro atoms. The molecule has 2 rings (SSSR count). The van der Waals surface area contributed by atoms with E-state index in [2.05, 4.69) is 61.4 Å². The second-order valence-electron chi connectivity index (χ2n) is 4.73. The van der Waals surface area contributed by atoms with Crippen molar-refractivity contribution in [3.05, 3.63) is 46.5 Å². The Morgan fingerprint density at radius 3 is 2.56 bits per heavy atom. The van der Waals surface area contributed by atoms with Crippen LogP contribution in [0.5, 0.6) is 0 Å². The lowest BCUT2D eigenvalue weighted by Crippen LogP contribution is -2.15. The average Bonchev–Trinajstić information content (AvgIpc) is 2.67. The molecule has 96 valence electrons. The third-order valence-electron chi connectivity index (χ3n) is 3.11. The van der Waals surface area contributed by atoms with Crippen molar-refractivity contribution >= 4 is 16.5 Å². The van der Waals surface area contributed by atoms with E-state index in [0.717, 1.165) is 23.7 Å². The number of rotatable bonds is 5. The van der Waals surface area contributed by atoms with Gasteiger partial charge in [-0.25, -0.2) is 4.98 Å². The third-order valence-corrected chi connectivity index (χ3v) is 4.11. The Balaban J connectivity index is 1.84. The van der Waals surface area contributed by atoms with Crippen LogP contribution in [0.1, 0.15) is 29.5 Å². The summed E-state index contributed by atoms with van der Waals surface area (Å²) in [5.41, 5.74) is 2.54. The van der Waals surface area contributed by atoms with Gasteiger partial charge in [-0.1, -0.05) is 30.3 Å². The van der Waals surface area contributed by atoms with Crippen molar-refractivity contribution in [1.29, 1.82) is 0 Å². The van der Waals surface area contributed by atoms with Crippen LogP contribution in [0, 0.1) is 13.8 Å². The molecule has 0 radical (unpaired) electrons. The fourth-order valence-electron chi connectivity index (χ4n) is 1.85. The molecule has 18 heavy (non-hydrogen) atoms. The molecule has 0 fully saturated rings. The summed E-state index contributed by atoms with van der Waals surface area (Å²) in [6.07, 6.45) is 2.24. The molecule has 1 aromatic carbocycles. The van der Waals surface area contributed by atoms with Crippen LogP contribution in [0.4, 0.5) is 5.13 Å². The Morgan fingerprint density at radius 1 is 1.22 bits per heavy atom. The number of anilines is 1. The maximum absolute atomic E-state index is 4.51. The Hall–Kier alpha value is -1.35. The van der Waals surface area contributed by atoms with Gasteiger partial charge in [0.15, 0.2) is 5.13 Å². The van der Waals surface area contributed by atoms with E-state index in [4.69, 9.17) is 0 Å². The van der Waals surface area contributed by atoms with Gasteiger partial charge in [0.1, 0.15) is 0 Å². The second-order valence-corrected chi connectivity index (χ2v) is 5.93. The average molecular weight is 260 g/mol. The van der Waals surface area contributed by atoms with Crippen molar-refractivity contribution < 1.29 is 0 Å². The van der Waals surface area contributed by atoms with Crippen molar-refractivity contribution in [2.45, 2.75) is 39.7 Å². The zero-order valence-electron chi connectivity index (χ0n) is 11.2. The zero-order valence-corrected chi connectivity index (χ0v) is 12.1. The van der Waals surface area contributed by atoms with Gasteiger partial charge in [0.05, 0.1) is 5.69 Å². The van der Waals surface area contributed by atoms with Gasteiger partial charge in [0.25, 0.3) is 0 Å². The lowest BCUT2D eigenvalue weighted by Gasteiger charge is -2.12. The van der Waals surface area contributed by atoms with Crippen LogP contribution in [0.3, 0.4) is 0 Å². The Bertz CT molecular complexity index is 471. The quantitative estimate of drug-likeness (QED) is 0.871. The highest BCUT2D eigenvalue weighted by molar-refractivity contribution is 7.15. The second kappa shape index (κ2) is 6.01. The van der Waals surface area contributed by atoms with Crippen LogP contribution in [-0.4, -0.2) is 11.0 Å². The van der Waals surface area contributed by atoms with Gasteiger partial charge in [0.2, 0.25) is 0 Å². The molecule has 0 aliphatic carbocycles. The molecule has 0 amide bonds. The first-order valence-electron chi connectivity index (χ1n) is 6.39. The lowest BCUT2D eigenvalue weighted by atomic mass is 10.1. The molecule has 1 atom stereocenters. The standard InChI is InChI=1S/C15H20N2S/c1-11(9-10-14-7-5-4-6-8-14)16-15-17-12(2)13(3)18-15/h4-8,11H,9-10H2,1-3H3,(H,16,17). The summed E-state index contributed by atoms with van der Waals surface area (Å²) in [4.78, 5) is 5.81. The minimum absolute atomic E-state index is 0.454. The number of hydrogen-bond donors (Lipinski definition) is 1. The van der Waals surface area contributed by atoms with Gasteiger partial charge >= 0.3 is 0 Å². The summed E-state index contributed by atoms with van der Waals surface area (Å²) >= 11 is 1.74. The molecule has 3 heteroatoms. The van der Waals surface area contributed by atoms with Gasteiger partial charge in [-0.15, -0.1) is 11.3 Å². The van der Waals surface area contributed by atoms with Crippen LogP contribution in [0.25, 0.3) is 0 Å². The molecule has 0 aliphatic heterocycles. The summed E-state index contributed by atoms with van der Waals surface area (Å²) in [7, 11) is 0. The largest absolute Gasteiger partial charge is 0.359 e. The zero-order chi connectivity index (χ0) is 13.0. The smallest absolute Gasteiger partial charge is 0.183 e. The molecular formula is C15H20N2S. The van der Waals surface area contributed by atoms with Crippen molar-refractivity contribution in [1.82, 2.24) is 4.98 Å². The molecule has 1 unspecified atom stereocenters. The molecular weight excluding hydrogens is 240 g/mol. The predicted molar refractivity (Wildman–Crippen MR) is 79.4 cm³/mol. The summed E-state index contributed by atoms with van der Waals surface area (Å²) in [6.45, 7) is 6.40. The van der Waals surface area contributed by atoms with Gasteiger partial charge in [0, 0.05) is 10.9 Å². The first-order valence-corrected chi connectivity index (χ1v) is 7.21. The molecule has 0 aliphatic rings. The lowest BCUT2D eigenvalue weighted by molar-refractivity contribution is 0.705. The number of aromatic nitrogens is 1. The van der Waals surface area contributed by atoms with Gasteiger partial charge in [-0.2, -0.15) is 0 Å². The minimum Gasteiger partial charge on any atom is -0.359 e. The molecule has 0 saturated heterocycles. The summed E-state index contributed by atoms with van der Waals surface area (Å²) in [5.74, 6) is 0. The van der Waals surface area contributed by atoms with Crippen LogP contribution >= 0.6 is 11.3 Å². The van der Waals surface area contributed by atoms with E-state index < -0.39 is 0 Å². The Morgan fingerprint density at radius 2 is 1.94 bits per heavy atom. The maximum Gasteiger partial charge on any atom is 0.183 e. The SMILES string of the molecule is Cc1nc(NC(C)CCc2ccccc2)sc1C. The molecule has 2 aromatic rings. The highest BCUT2D eigenvalue weighted by Crippen LogP contribution is 2.22. The van der Waals surface area contributed by atoms with Crippen LogP contribution in [0.2, 0.25) is 0 Å². The predicted octanol–water partition coefficient (Wildman–Crippen LogP) is 4.19. The third kappa shape index (κ3) is 3.57. The number of thiazole rings is 1. The molecule has 0 bridgehead atoms. The first-order chi connectivity index (χ1) is 8.65. The van der Waals surface area contributed by atoms with Gasteiger partial charge in [-0.05, 0) is 39.2 Å². The number of nitrogens with zero attached hydrogens (tertiary/aromatic N) is 1. The number of nitrogens with one attached hydrogen (secondary N) is 1. The van der Waals surface area contributed by atoms with E-state index in [0.29, 0.717) is 6.04 Å². The molecule has 1 heterocycles. The van der Waals surface area contributed by atoms with Gasteiger partial charge < -0.3 is 5.32 Å². The van der Waals surface area contributed by atoms with Crippen molar-refractivity contribution in [3.8, 4) is 0 Å². The highest BCUT2D eigenvalue weighted by Gasteiger charge is 2.07. The highest BCUT2D eigenvalue weighted by atomic mass is 32.1. The van der Waals surface area contributed by atoms with Crippen molar-refractivity contribution in [3.63, 3.8) is 0 Å². The van der Waals surface area contributed by atoms with E-state index >= 15 is 0 Å². The molecule has 1 aromatic heterocycles. The maximum atomic E-state index is 4.51. The monoisotopic (exact) mass is 260 g/mol. The molecule has 1 N–H and O–H groups in total. The van der Waals surface area contributed by atoms with E-state index in [1.54, 1.807) is 11.3 Å². The summed E-state index contributed by atoms with van der Waals surface area (Å²) in [6, 6.07) is 11.1. The fourth-order valence-corrected chi connectivity index (χ4v) is 2.77. The fraction of sp³-hybridized carbons (Fsp3) is 0.400.